The molecular formula is C13H17FN2O3. The number of carbonyl (C=O) groups is 1. The fraction of sp³-hybridized carbons (Fsp3) is 0.462. The number of amides is 1. The van der Waals surface area contributed by atoms with E-state index in [1.807, 2.05) is 0 Å². The molecule has 0 saturated carbocycles. The van der Waals surface area contributed by atoms with Crippen LogP contribution >= 0.6 is 0 Å². The molecule has 0 aromatic heterocycles. The molecule has 0 spiro atoms. The van der Waals surface area contributed by atoms with Gasteiger partial charge in [-0.05, 0) is 24.6 Å². The lowest BCUT2D eigenvalue weighted by molar-refractivity contribution is -0.117. The molecule has 0 radical (unpaired) electrons. The molecule has 1 amide bonds. The lowest BCUT2D eigenvalue weighted by Crippen LogP contribution is -2.32. The number of nitrogens with zero attached hydrogens (tertiary/aromatic N) is 1. The van der Waals surface area contributed by atoms with E-state index in [0.29, 0.717) is 5.69 Å². The van der Waals surface area contributed by atoms with E-state index in [0.717, 1.165) is 5.56 Å². The number of halogens is 1. The lowest BCUT2D eigenvalue weighted by Gasteiger charge is -2.15. The smallest absolute Gasteiger partial charge is 0.238 e. The summed E-state index contributed by atoms with van der Waals surface area (Å²) in [7, 11) is 0. The molecule has 0 aliphatic carbocycles. The summed E-state index contributed by atoms with van der Waals surface area (Å²) >= 11 is 0. The molecule has 1 aliphatic rings. The second kappa shape index (κ2) is 5.64. The number of β-amino-alcohol motifs (C(OH)–C–C–N with tert-alkyl or cyclic N) is 2. The Kier molecular flexibility index (Phi) is 4.14. The van der Waals surface area contributed by atoms with Gasteiger partial charge in [0.2, 0.25) is 5.91 Å². The van der Waals surface area contributed by atoms with Crippen molar-refractivity contribution < 1.29 is 19.4 Å². The SMILES string of the molecule is Cc1ccc(F)cc1NC(=O)CN1C[C@@H](O)[C@@H](O)C1. The van der Waals surface area contributed by atoms with E-state index in [1.54, 1.807) is 17.9 Å². The van der Waals surface area contributed by atoms with Gasteiger partial charge in [-0.1, -0.05) is 6.07 Å². The molecule has 2 rings (SSSR count). The van der Waals surface area contributed by atoms with Gasteiger partial charge in [-0.25, -0.2) is 4.39 Å². The molecular weight excluding hydrogens is 251 g/mol. The number of aliphatic hydroxyl groups is 2. The van der Waals surface area contributed by atoms with Crippen molar-refractivity contribution in [3.05, 3.63) is 29.6 Å². The minimum Gasteiger partial charge on any atom is -0.389 e. The van der Waals surface area contributed by atoms with Gasteiger partial charge in [0, 0.05) is 18.8 Å². The van der Waals surface area contributed by atoms with Gasteiger partial charge in [0.25, 0.3) is 0 Å². The predicted molar refractivity (Wildman–Crippen MR) is 68.2 cm³/mol. The van der Waals surface area contributed by atoms with Gasteiger partial charge in [0.15, 0.2) is 0 Å². The maximum atomic E-state index is 13.1. The van der Waals surface area contributed by atoms with Crippen molar-refractivity contribution in [3.8, 4) is 0 Å². The van der Waals surface area contributed by atoms with Crippen molar-refractivity contribution in [1.82, 2.24) is 4.90 Å². The third-order valence-corrected chi connectivity index (χ3v) is 3.18. The van der Waals surface area contributed by atoms with Gasteiger partial charge in [-0.2, -0.15) is 0 Å². The molecule has 104 valence electrons. The summed E-state index contributed by atoms with van der Waals surface area (Å²) < 4.78 is 13.1. The molecule has 1 aliphatic heterocycles. The number of hydrogen-bond donors (Lipinski definition) is 3. The highest BCUT2D eigenvalue weighted by Crippen LogP contribution is 2.16. The van der Waals surface area contributed by atoms with Crippen LogP contribution < -0.4 is 5.32 Å². The number of benzene rings is 1. The van der Waals surface area contributed by atoms with Gasteiger partial charge in [0.1, 0.15) is 5.82 Å². The first-order valence-corrected chi connectivity index (χ1v) is 6.10. The zero-order chi connectivity index (χ0) is 14.0. The molecule has 0 bridgehead atoms. The summed E-state index contributed by atoms with van der Waals surface area (Å²) in [5.74, 6) is -0.706. The van der Waals surface area contributed by atoms with E-state index in [2.05, 4.69) is 5.32 Å². The maximum Gasteiger partial charge on any atom is 0.238 e. The Balaban J connectivity index is 1.93. The van der Waals surface area contributed by atoms with Crippen LogP contribution in [0.2, 0.25) is 0 Å². The van der Waals surface area contributed by atoms with Gasteiger partial charge in [-0.3, -0.25) is 9.69 Å². The van der Waals surface area contributed by atoms with Crippen molar-refractivity contribution in [1.29, 1.82) is 0 Å². The van der Waals surface area contributed by atoms with Crippen LogP contribution in [-0.2, 0) is 4.79 Å². The van der Waals surface area contributed by atoms with E-state index in [1.165, 1.54) is 12.1 Å². The number of aryl methyl sites for hydroxylation is 1. The van der Waals surface area contributed by atoms with Crippen molar-refractivity contribution in [3.63, 3.8) is 0 Å². The molecule has 1 fully saturated rings. The minimum absolute atomic E-state index is 0.0596. The van der Waals surface area contributed by atoms with Crippen LogP contribution in [-0.4, -0.2) is 52.9 Å². The van der Waals surface area contributed by atoms with Gasteiger partial charge < -0.3 is 15.5 Å². The standard InChI is InChI=1S/C13H17FN2O3/c1-8-2-3-9(14)4-10(8)15-13(19)7-16-5-11(17)12(18)6-16/h2-4,11-12,17-18H,5-7H2,1H3,(H,15,19)/t11-,12+. The van der Waals surface area contributed by atoms with Crippen molar-refractivity contribution in [2.45, 2.75) is 19.1 Å². The van der Waals surface area contributed by atoms with Crippen LogP contribution in [0.5, 0.6) is 0 Å². The fourth-order valence-corrected chi connectivity index (χ4v) is 2.10. The Morgan fingerprint density at radius 2 is 2.05 bits per heavy atom. The quantitative estimate of drug-likeness (QED) is 0.727. The highest BCUT2D eigenvalue weighted by atomic mass is 19.1. The first-order chi connectivity index (χ1) is 8.95. The topological polar surface area (TPSA) is 72.8 Å². The van der Waals surface area contributed by atoms with E-state index in [9.17, 15) is 19.4 Å². The average molecular weight is 268 g/mol. The molecule has 1 heterocycles. The van der Waals surface area contributed by atoms with Crippen LogP contribution in [0, 0.1) is 12.7 Å². The molecule has 6 heteroatoms. The number of carbonyl (C=O) groups excluding carboxylic acids is 1. The zero-order valence-electron chi connectivity index (χ0n) is 10.6. The summed E-state index contributed by atoms with van der Waals surface area (Å²) in [6.07, 6.45) is -1.63. The minimum atomic E-state index is -0.816. The highest BCUT2D eigenvalue weighted by molar-refractivity contribution is 5.93. The Morgan fingerprint density at radius 3 is 2.68 bits per heavy atom. The normalized spacial score (nSPS) is 23.6. The number of nitrogens with one attached hydrogen (secondary N) is 1. The van der Waals surface area contributed by atoms with Gasteiger partial charge in [-0.15, -0.1) is 0 Å². The molecule has 1 aromatic carbocycles. The third kappa shape index (κ3) is 3.50. The second-order valence-electron chi connectivity index (χ2n) is 4.84. The monoisotopic (exact) mass is 268 g/mol. The van der Waals surface area contributed by atoms with Crippen LogP contribution in [0.15, 0.2) is 18.2 Å². The predicted octanol–water partition coefficient (Wildman–Crippen LogP) is 0.110. The van der Waals surface area contributed by atoms with Crippen LogP contribution in [0.3, 0.4) is 0 Å². The molecule has 1 aromatic rings. The summed E-state index contributed by atoms with van der Waals surface area (Å²) in [5.41, 5.74) is 1.21. The number of anilines is 1. The van der Waals surface area contributed by atoms with Crippen molar-refractivity contribution in [2.75, 3.05) is 25.0 Å². The molecule has 19 heavy (non-hydrogen) atoms. The van der Waals surface area contributed by atoms with Gasteiger partial charge >= 0.3 is 0 Å². The van der Waals surface area contributed by atoms with Crippen molar-refractivity contribution in [2.24, 2.45) is 0 Å². The highest BCUT2D eigenvalue weighted by Gasteiger charge is 2.30. The first kappa shape index (κ1) is 13.9. The van der Waals surface area contributed by atoms with E-state index < -0.39 is 18.0 Å². The number of aliphatic hydroxyl groups excluding tert-OH is 2. The Bertz CT molecular complexity index is 471. The Labute approximate surface area is 110 Å². The van der Waals surface area contributed by atoms with Gasteiger partial charge in [0.05, 0.1) is 18.8 Å². The van der Waals surface area contributed by atoms with Crippen LogP contribution in [0.4, 0.5) is 10.1 Å². The zero-order valence-corrected chi connectivity index (χ0v) is 10.6. The van der Waals surface area contributed by atoms with E-state index >= 15 is 0 Å². The summed E-state index contributed by atoms with van der Waals surface area (Å²) in [6, 6.07) is 4.19. The number of hydrogen-bond acceptors (Lipinski definition) is 4. The Hall–Kier alpha value is -1.50. The Morgan fingerprint density at radius 1 is 1.42 bits per heavy atom. The molecule has 0 unspecified atom stereocenters. The average Bonchev–Trinajstić information content (AvgIpc) is 2.63. The molecule has 3 N–H and O–H groups in total. The molecule has 1 saturated heterocycles. The summed E-state index contributed by atoms with van der Waals surface area (Å²) in [4.78, 5) is 13.5. The number of rotatable bonds is 3. The fourth-order valence-electron chi connectivity index (χ4n) is 2.10. The summed E-state index contributed by atoms with van der Waals surface area (Å²) in [5, 5.41) is 21.4. The second-order valence-corrected chi connectivity index (χ2v) is 4.84. The van der Waals surface area contributed by atoms with Crippen molar-refractivity contribution >= 4 is 11.6 Å². The molecule has 5 nitrogen and oxygen atoms in total. The van der Waals surface area contributed by atoms with Crippen LogP contribution in [0.25, 0.3) is 0 Å². The molecule has 2 atom stereocenters. The van der Waals surface area contributed by atoms with E-state index in [4.69, 9.17) is 0 Å². The lowest BCUT2D eigenvalue weighted by atomic mass is 10.2. The maximum absolute atomic E-state index is 13.1. The third-order valence-electron chi connectivity index (χ3n) is 3.18. The first-order valence-electron chi connectivity index (χ1n) is 6.10. The summed E-state index contributed by atoms with van der Waals surface area (Å²) in [6.45, 7) is 2.36. The van der Waals surface area contributed by atoms with E-state index in [-0.39, 0.29) is 25.5 Å². The number of likely N-dealkylation sites (tertiary alicyclic amines) is 1. The van der Waals surface area contributed by atoms with Crippen LogP contribution in [0.1, 0.15) is 5.56 Å². The largest absolute Gasteiger partial charge is 0.389 e.